The molecule has 0 aromatic heterocycles. The number of amides is 1. The second-order valence-corrected chi connectivity index (χ2v) is 10.2. The molecule has 46 heavy (non-hydrogen) atoms. The summed E-state index contributed by atoms with van der Waals surface area (Å²) in [6, 6.07) is 6.50. The minimum atomic E-state index is -1.50. The molecule has 1 amide bonds. The zero-order valence-corrected chi connectivity index (χ0v) is 26.1. The van der Waals surface area contributed by atoms with Crippen molar-refractivity contribution in [2.24, 2.45) is 0 Å². The summed E-state index contributed by atoms with van der Waals surface area (Å²) < 4.78 is 50.6. The van der Waals surface area contributed by atoms with Gasteiger partial charge in [-0.25, -0.2) is 0 Å². The van der Waals surface area contributed by atoms with Gasteiger partial charge in [-0.3, -0.25) is 28.8 Å². The van der Waals surface area contributed by atoms with Gasteiger partial charge in [0, 0.05) is 47.2 Å². The van der Waals surface area contributed by atoms with E-state index in [1.165, 1.54) is 19.9 Å². The summed E-state index contributed by atoms with van der Waals surface area (Å²) in [6.07, 6.45) is -6.95. The van der Waals surface area contributed by atoms with Gasteiger partial charge < -0.3 is 47.9 Å². The molecule has 0 radical (unpaired) electrons. The maximum absolute atomic E-state index is 12.2. The highest BCUT2D eigenvalue weighted by Gasteiger charge is 2.53. The minimum absolute atomic E-state index is 0.233. The van der Waals surface area contributed by atoms with Crippen LogP contribution in [0, 0.1) is 0 Å². The molecule has 16 heteroatoms. The van der Waals surface area contributed by atoms with Gasteiger partial charge in [-0.05, 0) is 30.3 Å². The summed E-state index contributed by atoms with van der Waals surface area (Å²) in [5.74, 6) is -3.49. The molecule has 1 fully saturated rings. The predicted octanol–water partition coefficient (Wildman–Crippen LogP) is 1.34. The van der Waals surface area contributed by atoms with Gasteiger partial charge in [-0.1, -0.05) is 6.08 Å². The van der Waals surface area contributed by atoms with Crippen molar-refractivity contribution in [1.29, 1.82) is 0 Å². The predicted molar refractivity (Wildman–Crippen MR) is 153 cm³/mol. The van der Waals surface area contributed by atoms with E-state index in [9.17, 15) is 28.8 Å². The third-order valence-electron chi connectivity index (χ3n) is 6.25. The molecule has 1 N–H and O–H groups in total. The van der Waals surface area contributed by atoms with E-state index in [2.05, 4.69) is 5.32 Å². The number of esters is 5. The molecule has 1 aromatic rings. The van der Waals surface area contributed by atoms with Crippen molar-refractivity contribution in [2.75, 3.05) is 18.5 Å². The Kier molecular flexibility index (Phi) is 13.0. The van der Waals surface area contributed by atoms with E-state index in [4.69, 9.17) is 42.6 Å². The lowest BCUT2D eigenvalue weighted by Crippen LogP contribution is -2.63. The molecular formula is C30H37NO15. The van der Waals surface area contributed by atoms with Crippen LogP contribution in [0.25, 0.3) is 0 Å². The summed E-state index contributed by atoms with van der Waals surface area (Å²) in [6.45, 7) is 6.32. The van der Waals surface area contributed by atoms with Crippen molar-refractivity contribution in [1.82, 2.24) is 0 Å². The third kappa shape index (κ3) is 11.1. The molecule has 252 valence electrons. The standard InChI is InChI=1S/C30H37NO15/c1-15(32)31-21-7-9-22(10-8-21)43-26-12-11-23(24(44-26)13-38-16(2)33)45-30-29(42-20(6)37)28(41-19(5)36)27(40-18(4)35)25(46-30)14-39-17(3)34/h7-12,23-30H,13-14H2,1-6H3,(H,31,32)/t23-,24?,25?,26-,27+,28?,29+,30?/m0/s1. The van der Waals surface area contributed by atoms with Gasteiger partial charge in [-0.15, -0.1) is 0 Å². The first kappa shape index (κ1) is 35.9. The molecule has 2 heterocycles. The number of carbonyl (C=O) groups excluding carboxylic acids is 6. The molecule has 0 aliphatic carbocycles. The molecule has 3 rings (SSSR count). The third-order valence-corrected chi connectivity index (χ3v) is 6.25. The Labute approximate surface area is 264 Å². The van der Waals surface area contributed by atoms with E-state index in [0.717, 1.165) is 27.7 Å². The molecule has 0 saturated carbocycles. The average Bonchev–Trinajstić information content (AvgIpc) is 2.95. The molecule has 16 nitrogen and oxygen atoms in total. The quantitative estimate of drug-likeness (QED) is 0.193. The van der Waals surface area contributed by atoms with E-state index in [1.807, 2.05) is 0 Å². The number of anilines is 1. The SMILES string of the molecule is CC(=O)Nc1ccc(O[C@@H]2C=C[C@H](OC3OC(COC(C)=O)[C@@H](OC(C)=O)C(OC(C)=O)[C@H]3OC(C)=O)C(COC(C)=O)O2)cc1. The summed E-state index contributed by atoms with van der Waals surface area (Å²) in [5.41, 5.74) is 0.561. The van der Waals surface area contributed by atoms with Crippen LogP contribution in [0.15, 0.2) is 36.4 Å². The summed E-state index contributed by atoms with van der Waals surface area (Å²) >= 11 is 0. The molecule has 1 saturated heterocycles. The van der Waals surface area contributed by atoms with Crippen LogP contribution in [0.1, 0.15) is 41.5 Å². The monoisotopic (exact) mass is 651 g/mol. The first-order valence-electron chi connectivity index (χ1n) is 14.2. The Morgan fingerprint density at radius 3 is 1.74 bits per heavy atom. The van der Waals surface area contributed by atoms with E-state index in [0.29, 0.717) is 11.4 Å². The Bertz CT molecular complexity index is 1300. The smallest absolute Gasteiger partial charge is 0.303 e. The van der Waals surface area contributed by atoms with Gasteiger partial charge in [-0.2, -0.15) is 0 Å². The molecule has 2 aliphatic rings. The van der Waals surface area contributed by atoms with Crippen LogP contribution in [0.3, 0.4) is 0 Å². The van der Waals surface area contributed by atoms with Gasteiger partial charge in [0.2, 0.25) is 12.2 Å². The lowest BCUT2D eigenvalue weighted by atomic mass is 9.97. The zero-order valence-electron chi connectivity index (χ0n) is 26.1. The van der Waals surface area contributed by atoms with E-state index in [-0.39, 0.29) is 12.5 Å². The van der Waals surface area contributed by atoms with Crippen LogP contribution in [0.2, 0.25) is 0 Å². The van der Waals surface area contributed by atoms with Crippen molar-refractivity contribution in [3.63, 3.8) is 0 Å². The fourth-order valence-corrected chi connectivity index (χ4v) is 4.56. The minimum Gasteiger partial charge on any atom is -0.463 e. The highest BCUT2D eigenvalue weighted by Crippen LogP contribution is 2.32. The maximum atomic E-state index is 12.2. The van der Waals surface area contributed by atoms with Crippen LogP contribution >= 0.6 is 0 Å². The second kappa shape index (κ2) is 16.7. The number of benzene rings is 1. The average molecular weight is 652 g/mol. The maximum Gasteiger partial charge on any atom is 0.303 e. The Hall–Kier alpha value is -4.54. The van der Waals surface area contributed by atoms with Crippen LogP contribution in [-0.2, 0) is 66.7 Å². The molecule has 1 aromatic carbocycles. The number of hydrogen-bond acceptors (Lipinski definition) is 15. The molecular weight excluding hydrogens is 614 g/mol. The number of carbonyl (C=O) groups is 6. The van der Waals surface area contributed by atoms with E-state index in [1.54, 1.807) is 30.3 Å². The molecule has 0 spiro atoms. The van der Waals surface area contributed by atoms with E-state index < -0.39 is 85.7 Å². The lowest BCUT2D eigenvalue weighted by molar-refractivity contribution is -0.322. The molecule has 2 aliphatic heterocycles. The number of ether oxygens (including phenoxy) is 9. The Balaban J connectivity index is 1.90. The molecule has 8 atom stereocenters. The molecule has 0 bridgehead atoms. The Morgan fingerprint density at radius 1 is 0.652 bits per heavy atom. The largest absolute Gasteiger partial charge is 0.463 e. The fourth-order valence-electron chi connectivity index (χ4n) is 4.56. The lowest BCUT2D eigenvalue weighted by Gasteiger charge is -2.45. The number of rotatable bonds is 12. The van der Waals surface area contributed by atoms with Crippen LogP contribution in [-0.4, -0.2) is 98.2 Å². The Morgan fingerprint density at radius 2 is 1.20 bits per heavy atom. The van der Waals surface area contributed by atoms with Crippen LogP contribution in [0.4, 0.5) is 5.69 Å². The number of hydrogen-bond donors (Lipinski definition) is 1. The van der Waals surface area contributed by atoms with Gasteiger partial charge in [0.1, 0.15) is 37.3 Å². The van der Waals surface area contributed by atoms with Gasteiger partial charge in [0.25, 0.3) is 0 Å². The van der Waals surface area contributed by atoms with Crippen molar-refractivity contribution >= 4 is 41.4 Å². The van der Waals surface area contributed by atoms with Crippen molar-refractivity contribution in [3.05, 3.63) is 36.4 Å². The number of nitrogens with one attached hydrogen (secondary N) is 1. The zero-order chi connectivity index (χ0) is 34.0. The van der Waals surface area contributed by atoms with Gasteiger partial charge in [0.05, 0.1) is 0 Å². The topological polar surface area (TPSA) is 198 Å². The van der Waals surface area contributed by atoms with Crippen molar-refractivity contribution < 1.29 is 71.4 Å². The van der Waals surface area contributed by atoms with Gasteiger partial charge >= 0.3 is 29.8 Å². The van der Waals surface area contributed by atoms with E-state index >= 15 is 0 Å². The van der Waals surface area contributed by atoms with Crippen LogP contribution < -0.4 is 10.1 Å². The summed E-state index contributed by atoms with van der Waals surface area (Å²) in [7, 11) is 0. The highest BCUT2D eigenvalue weighted by atomic mass is 16.8. The van der Waals surface area contributed by atoms with Crippen molar-refractivity contribution in [2.45, 2.75) is 90.7 Å². The first-order valence-corrected chi connectivity index (χ1v) is 14.2. The molecule has 4 unspecified atom stereocenters. The van der Waals surface area contributed by atoms with Crippen LogP contribution in [0.5, 0.6) is 5.75 Å². The highest BCUT2D eigenvalue weighted by molar-refractivity contribution is 5.88. The summed E-state index contributed by atoms with van der Waals surface area (Å²) in [4.78, 5) is 70.8. The van der Waals surface area contributed by atoms with Gasteiger partial charge in [0.15, 0.2) is 24.6 Å². The second-order valence-electron chi connectivity index (χ2n) is 10.2. The fraction of sp³-hybridized carbons (Fsp3) is 0.533. The van der Waals surface area contributed by atoms with Crippen molar-refractivity contribution in [3.8, 4) is 5.75 Å². The normalized spacial score (nSPS) is 27.0. The first-order chi connectivity index (χ1) is 21.7. The summed E-state index contributed by atoms with van der Waals surface area (Å²) in [5, 5.41) is 2.65.